The van der Waals surface area contributed by atoms with Gasteiger partial charge in [-0.25, -0.2) is 15.0 Å². The summed E-state index contributed by atoms with van der Waals surface area (Å²) in [6, 6.07) is 1.80. The molecule has 0 amide bonds. The van der Waals surface area contributed by atoms with Gasteiger partial charge in [-0.3, -0.25) is 4.68 Å². The third-order valence-electron chi connectivity index (χ3n) is 1.81. The summed E-state index contributed by atoms with van der Waals surface area (Å²) >= 11 is 0. The zero-order valence-corrected chi connectivity index (χ0v) is 7.75. The maximum Gasteiger partial charge on any atom is 0.145 e. The molecule has 0 atom stereocenters. The van der Waals surface area contributed by atoms with E-state index in [1.807, 2.05) is 7.05 Å². The predicted octanol–water partition coefficient (Wildman–Crippen LogP) is 0.217. The first-order valence-electron chi connectivity index (χ1n) is 4.19. The molecule has 0 unspecified atom stereocenters. The summed E-state index contributed by atoms with van der Waals surface area (Å²) < 4.78 is 1.72. The van der Waals surface area contributed by atoms with Crippen LogP contribution in [-0.4, -0.2) is 24.7 Å². The molecule has 2 aromatic heterocycles. The lowest BCUT2D eigenvalue weighted by Gasteiger charge is -2.03. The molecule has 6 nitrogen and oxygen atoms in total. The van der Waals surface area contributed by atoms with Crippen LogP contribution >= 0.6 is 0 Å². The normalized spacial score (nSPS) is 10.1. The Bertz CT molecular complexity index is 395. The fraction of sp³-hybridized carbons (Fsp3) is 0.250. The predicted molar refractivity (Wildman–Crippen MR) is 50.4 cm³/mol. The van der Waals surface area contributed by atoms with Gasteiger partial charge < -0.3 is 5.32 Å². The maximum atomic E-state index is 4.08. The fourth-order valence-electron chi connectivity index (χ4n) is 1.05. The van der Waals surface area contributed by atoms with Crippen molar-refractivity contribution in [2.45, 2.75) is 6.54 Å². The number of anilines is 1. The molecule has 6 heteroatoms. The number of nitrogens with one attached hydrogen (secondary N) is 1. The molecule has 0 saturated heterocycles. The van der Waals surface area contributed by atoms with Crippen LogP contribution in [0.15, 0.2) is 24.9 Å². The molecule has 0 spiro atoms. The highest BCUT2D eigenvalue weighted by molar-refractivity contribution is 5.31. The van der Waals surface area contributed by atoms with Crippen molar-refractivity contribution in [3.05, 3.63) is 30.7 Å². The third-order valence-corrected chi connectivity index (χ3v) is 1.81. The van der Waals surface area contributed by atoms with Crippen molar-refractivity contribution in [2.24, 2.45) is 7.05 Å². The van der Waals surface area contributed by atoms with E-state index in [2.05, 4.69) is 25.4 Å². The summed E-state index contributed by atoms with van der Waals surface area (Å²) in [6.07, 6.45) is 4.71. The zero-order chi connectivity index (χ0) is 9.80. The lowest BCUT2D eigenvalue weighted by atomic mass is 10.5. The number of aromatic nitrogens is 5. The van der Waals surface area contributed by atoms with Crippen molar-refractivity contribution in [3.8, 4) is 0 Å². The van der Waals surface area contributed by atoms with Crippen LogP contribution in [0.3, 0.4) is 0 Å². The van der Waals surface area contributed by atoms with Gasteiger partial charge in [-0.15, -0.1) is 0 Å². The second kappa shape index (κ2) is 3.82. The summed E-state index contributed by atoms with van der Waals surface area (Å²) in [5.74, 6) is 1.65. The molecule has 0 aliphatic heterocycles. The van der Waals surface area contributed by atoms with Gasteiger partial charge in [0.15, 0.2) is 0 Å². The molecule has 0 aromatic carbocycles. The Balaban J connectivity index is 1.99. The Kier molecular flexibility index (Phi) is 2.35. The molecule has 72 valence electrons. The summed E-state index contributed by atoms with van der Waals surface area (Å²) in [6.45, 7) is 0.605. The van der Waals surface area contributed by atoms with E-state index in [0.717, 1.165) is 11.6 Å². The van der Waals surface area contributed by atoms with Gasteiger partial charge in [0.1, 0.15) is 24.3 Å². The number of rotatable bonds is 3. The minimum absolute atomic E-state index is 0.605. The molecule has 0 aliphatic carbocycles. The highest BCUT2D eigenvalue weighted by atomic mass is 15.3. The average Bonchev–Trinajstić information content (AvgIpc) is 2.63. The van der Waals surface area contributed by atoms with Crippen LogP contribution in [0.1, 0.15) is 5.82 Å². The molecule has 0 bridgehead atoms. The average molecular weight is 190 g/mol. The lowest BCUT2D eigenvalue weighted by Crippen LogP contribution is -2.07. The summed E-state index contributed by atoms with van der Waals surface area (Å²) in [7, 11) is 1.85. The van der Waals surface area contributed by atoms with Crippen LogP contribution in [-0.2, 0) is 13.6 Å². The van der Waals surface area contributed by atoms with Gasteiger partial charge >= 0.3 is 0 Å². The van der Waals surface area contributed by atoms with Gasteiger partial charge in [-0.05, 0) is 6.07 Å². The minimum Gasteiger partial charge on any atom is -0.363 e. The molecule has 0 radical (unpaired) electrons. The molecule has 2 rings (SSSR count). The van der Waals surface area contributed by atoms with Gasteiger partial charge in [0.2, 0.25) is 0 Å². The number of hydrogen-bond acceptors (Lipinski definition) is 5. The third kappa shape index (κ3) is 1.85. The Morgan fingerprint density at radius 3 is 2.93 bits per heavy atom. The van der Waals surface area contributed by atoms with Crippen molar-refractivity contribution in [1.82, 2.24) is 24.7 Å². The van der Waals surface area contributed by atoms with Crippen molar-refractivity contribution in [2.75, 3.05) is 5.32 Å². The van der Waals surface area contributed by atoms with E-state index < -0.39 is 0 Å². The first-order chi connectivity index (χ1) is 6.86. The van der Waals surface area contributed by atoms with Gasteiger partial charge in [-0.2, -0.15) is 5.10 Å². The molecule has 0 fully saturated rings. The maximum absolute atomic E-state index is 4.08. The van der Waals surface area contributed by atoms with E-state index in [1.54, 1.807) is 16.9 Å². The highest BCUT2D eigenvalue weighted by Gasteiger charge is 1.99. The van der Waals surface area contributed by atoms with Gasteiger partial charge in [0, 0.05) is 13.2 Å². The molecule has 1 N–H and O–H groups in total. The Morgan fingerprint density at radius 1 is 1.36 bits per heavy atom. The van der Waals surface area contributed by atoms with Crippen LogP contribution in [0.25, 0.3) is 0 Å². The summed E-state index contributed by atoms with van der Waals surface area (Å²) in [5, 5.41) is 7.08. The number of hydrogen-bond donors (Lipinski definition) is 1. The largest absolute Gasteiger partial charge is 0.363 e. The molecule has 14 heavy (non-hydrogen) atoms. The first kappa shape index (κ1) is 8.61. The molecular weight excluding hydrogens is 180 g/mol. The van der Waals surface area contributed by atoms with Crippen LogP contribution < -0.4 is 5.32 Å². The number of nitrogens with zero attached hydrogens (tertiary/aromatic N) is 5. The van der Waals surface area contributed by atoms with Crippen LogP contribution in [0.2, 0.25) is 0 Å². The van der Waals surface area contributed by atoms with E-state index in [1.165, 1.54) is 12.7 Å². The second-order valence-electron chi connectivity index (χ2n) is 2.75. The second-order valence-corrected chi connectivity index (χ2v) is 2.75. The Morgan fingerprint density at radius 2 is 2.29 bits per heavy atom. The fourth-order valence-corrected chi connectivity index (χ4v) is 1.05. The van der Waals surface area contributed by atoms with Crippen molar-refractivity contribution in [3.63, 3.8) is 0 Å². The first-order valence-corrected chi connectivity index (χ1v) is 4.19. The Labute approximate surface area is 81.0 Å². The van der Waals surface area contributed by atoms with E-state index in [9.17, 15) is 0 Å². The van der Waals surface area contributed by atoms with Crippen molar-refractivity contribution >= 4 is 5.82 Å². The van der Waals surface area contributed by atoms with Crippen LogP contribution in [0.5, 0.6) is 0 Å². The number of aryl methyl sites for hydroxylation is 1. The van der Waals surface area contributed by atoms with Crippen molar-refractivity contribution in [1.29, 1.82) is 0 Å². The van der Waals surface area contributed by atoms with Crippen LogP contribution in [0.4, 0.5) is 5.82 Å². The topological polar surface area (TPSA) is 68.5 Å². The van der Waals surface area contributed by atoms with E-state index >= 15 is 0 Å². The van der Waals surface area contributed by atoms with E-state index in [0.29, 0.717) is 6.54 Å². The SMILES string of the molecule is Cn1ncnc1CNc1ccncn1. The smallest absolute Gasteiger partial charge is 0.145 e. The monoisotopic (exact) mass is 190 g/mol. The molecular formula is C8H10N6. The molecule has 0 aliphatic rings. The molecule has 2 aromatic rings. The lowest BCUT2D eigenvalue weighted by molar-refractivity contribution is 0.711. The van der Waals surface area contributed by atoms with Crippen LogP contribution in [0, 0.1) is 0 Å². The van der Waals surface area contributed by atoms with E-state index in [-0.39, 0.29) is 0 Å². The van der Waals surface area contributed by atoms with Gasteiger partial charge in [0.25, 0.3) is 0 Å². The van der Waals surface area contributed by atoms with Crippen molar-refractivity contribution < 1.29 is 0 Å². The molecule has 2 heterocycles. The minimum atomic E-state index is 0.605. The molecule has 0 saturated carbocycles. The van der Waals surface area contributed by atoms with Gasteiger partial charge in [0.05, 0.1) is 6.54 Å². The highest BCUT2D eigenvalue weighted by Crippen LogP contribution is 2.00. The quantitative estimate of drug-likeness (QED) is 0.749. The summed E-state index contributed by atoms with van der Waals surface area (Å²) in [4.78, 5) is 11.9. The zero-order valence-electron chi connectivity index (χ0n) is 7.75. The summed E-state index contributed by atoms with van der Waals surface area (Å²) in [5.41, 5.74) is 0. The van der Waals surface area contributed by atoms with E-state index in [4.69, 9.17) is 0 Å². The Hall–Kier alpha value is -1.98. The standard InChI is InChI=1S/C8H10N6/c1-14-8(12-6-13-14)4-10-7-2-3-9-5-11-7/h2-3,5-6H,4H2,1H3,(H,9,10,11). The van der Waals surface area contributed by atoms with Gasteiger partial charge in [-0.1, -0.05) is 0 Å².